The fraction of sp³-hybridized carbons (Fsp3) is 0.0435. The molecular weight excluding hydrogens is 371 g/mol. The highest BCUT2D eigenvalue weighted by Gasteiger charge is 2.10. The fourth-order valence-corrected chi connectivity index (χ4v) is 4.05. The first-order chi connectivity index (χ1) is 13.7. The summed E-state index contributed by atoms with van der Waals surface area (Å²) in [6.45, 7) is 3.84. The number of hydrogen-bond donors (Lipinski definition) is 1. The molecule has 0 fully saturated rings. The molecule has 4 rings (SSSR count). The van der Waals surface area contributed by atoms with Crippen molar-refractivity contribution in [2.45, 2.75) is 11.3 Å². The monoisotopic (exact) mass is 390 g/mol. The Bertz CT molecular complexity index is 1150. The van der Waals surface area contributed by atoms with Crippen molar-refractivity contribution in [1.82, 2.24) is 4.57 Å². The van der Waals surface area contributed by atoms with Crippen LogP contribution in [-0.4, -0.2) is 8.78 Å². The standard InChI is InChI=1S/C23H19FN2OS/c1-2-5-17-16-26(23-7-4-3-6-22(17)23)20-12-14-21(15-13-20)28(27)25-19-10-8-18(24)9-11-19/h2-4,6-16,25H,1,5H2. The van der Waals surface area contributed by atoms with E-state index in [4.69, 9.17) is 0 Å². The molecule has 0 saturated heterocycles. The minimum atomic E-state index is -1.43. The Labute approximate surface area is 165 Å². The Kier molecular flexibility index (Phi) is 5.08. The number of benzene rings is 3. The fourth-order valence-electron chi connectivity index (χ4n) is 3.20. The molecule has 1 unspecified atom stereocenters. The van der Waals surface area contributed by atoms with Gasteiger partial charge in [-0.15, -0.1) is 6.58 Å². The molecule has 28 heavy (non-hydrogen) atoms. The summed E-state index contributed by atoms with van der Waals surface area (Å²) in [5.41, 5.74) is 3.94. The maximum absolute atomic E-state index is 13.0. The molecule has 0 aliphatic heterocycles. The van der Waals surface area contributed by atoms with Gasteiger partial charge in [-0.05, 0) is 66.6 Å². The van der Waals surface area contributed by atoms with Crippen LogP contribution in [0, 0.1) is 5.82 Å². The molecule has 3 nitrogen and oxygen atoms in total. The zero-order valence-electron chi connectivity index (χ0n) is 15.1. The predicted molar refractivity (Wildman–Crippen MR) is 114 cm³/mol. The molecule has 140 valence electrons. The molecule has 0 amide bonds. The lowest BCUT2D eigenvalue weighted by atomic mass is 10.1. The lowest BCUT2D eigenvalue weighted by Crippen LogP contribution is -2.05. The Balaban J connectivity index is 1.61. The molecule has 0 aliphatic carbocycles. The second kappa shape index (κ2) is 7.82. The van der Waals surface area contributed by atoms with Crippen LogP contribution in [0.5, 0.6) is 0 Å². The van der Waals surface area contributed by atoms with Crippen molar-refractivity contribution < 1.29 is 8.60 Å². The van der Waals surface area contributed by atoms with Crippen LogP contribution in [0.1, 0.15) is 5.56 Å². The summed E-state index contributed by atoms with van der Waals surface area (Å²) in [4.78, 5) is 0.649. The van der Waals surface area contributed by atoms with Gasteiger partial charge in [0.1, 0.15) is 16.8 Å². The number of nitrogens with zero attached hydrogens (tertiary/aromatic N) is 1. The molecule has 1 atom stereocenters. The van der Waals surface area contributed by atoms with Gasteiger partial charge in [0, 0.05) is 23.0 Å². The van der Waals surface area contributed by atoms with Crippen LogP contribution in [0.3, 0.4) is 0 Å². The van der Waals surface area contributed by atoms with Crippen molar-refractivity contribution in [2.24, 2.45) is 0 Å². The number of hydrogen-bond acceptors (Lipinski definition) is 1. The number of anilines is 1. The lowest BCUT2D eigenvalue weighted by molar-refractivity contribution is 0.628. The van der Waals surface area contributed by atoms with Gasteiger partial charge in [0.15, 0.2) is 0 Å². The van der Waals surface area contributed by atoms with Gasteiger partial charge >= 0.3 is 0 Å². The first-order valence-electron chi connectivity index (χ1n) is 8.90. The zero-order chi connectivity index (χ0) is 19.5. The quantitative estimate of drug-likeness (QED) is 0.425. The number of aromatic nitrogens is 1. The molecule has 5 heteroatoms. The SMILES string of the molecule is C=CCc1cn(-c2ccc(S(=O)Nc3ccc(F)cc3)cc2)c2ccccc12. The molecule has 0 bridgehead atoms. The van der Waals surface area contributed by atoms with Gasteiger partial charge in [0.25, 0.3) is 0 Å². The number of rotatable bonds is 6. The summed E-state index contributed by atoms with van der Waals surface area (Å²) in [6, 6.07) is 21.6. The average molecular weight is 390 g/mol. The Hall–Kier alpha value is -3.18. The highest BCUT2D eigenvalue weighted by atomic mass is 32.2. The van der Waals surface area contributed by atoms with Gasteiger partial charge in [-0.1, -0.05) is 24.3 Å². The number of nitrogens with one attached hydrogen (secondary N) is 1. The van der Waals surface area contributed by atoms with E-state index in [1.54, 1.807) is 12.1 Å². The van der Waals surface area contributed by atoms with Crippen LogP contribution in [0.4, 0.5) is 10.1 Å². The van der Waals surface area contributed by atoms with E-state index in [0.29, 0.717) is 10.6 Å². The van der Waals surface area contributed by atoms with Crippen molar-refractivity contribution >= 4 is 27.6 Å². The van der Waals surface area contributed by atoms with Crippen molar-refractivity contribution in [3.8, 4) is 5.69 Å². The van der Waals surface area contributed by atoms with Crippen molar-refractivity contribution in [3.63, 3.8) is 0 Å². The first-order valence-corrected chi connectivity index (χ1v) is 10.0. The summed E-state index contributed by atoms with van der Waals surface area (Å²) in [5.74, 6) is -0.324. The number of fused-ring (bicyclic) bond motifs is 1. The number of halogens is 1. The van der Waals surface area contributed by atoms with Crippen molar-refractivity contribution in [1.29, 1.82) is 0 Å². The maximum Gasteiger partial charge on any atom is 0.150 e. The molecule has 3 aromatic carbocycles. The van der Waals surface area contributed by atoms with Crippen LogP contribution >= 0.6 is 0 Å². The molecule has 0 aliphatic rings. The minimum Gasteiger partial charge on any atom is -0.316 e. The zero-order valence-corrected chi connectivity index (χ0v) is 16.0. The molecular formula is C23H19FN2OS. The molecule has 0 radical (unpaired) electrons. The third-order valence-corrected chi connectivity index (χ3v) is 5.66. The Morgan fingerprint density at radius 3 is 2.43 bits per heavy atom. The Morgan fingerprint density at radius 1 is 1.00 bits per heavy atom. The number of para-hydroxylation sites is 1. The van der Waals surface area contributed by atoms with E-state index >= 15 is 0 Å². The maximum atomic E-state index is 13.0. The summed E-state index contributed by atoms with van der Waals surface area (Å²) < 4.78 is 30.6. The first kappa shape index (κ1) is 18.2. The summed E-state index contributed by atoms with van der Waals surface area (Å²) >= 11 is 0. The third kappa shape index (κ3) is 3.62. The predicted octanol–water partition coefficient (Wildman–Crippen LogP) is 5.63. The summed E-state index contributed by atoms with van der Waals surface area (Å²) in [6.07, 6.45) is 4.83. The van der Waals surface area contributed by atoms with Crippen molar-refractivity contribution in [2.75, 3.05) is 4.72 Å². The second-order valence-corrected chi connectivity index (χ2v) is 7.62. The van der Waals surface area contributed by atoms with E-state index < -0.39 is 11.0 Å². The van der Waals surface area contributed by atoms with E-state index in [0.717, 1.165) is 17.6 Å². The van der Waals surface area contributed by atoms with E-state index in [-0.39, 0.29) is 5.82 Å². The molecule has 1 heterocycles. The Morgan fingerprint density at radius 2 is 1.71 bits per heavy atom. The van der Waals surface area contributed by atoms with Gasteiger partial charge in [0.2, 0.25) is 0 Å². The van der Waals surface area contributed by atoms with E-state index in [1.165, 1.54) is 23.1 Å². The summed E-state index contributed by atoms with van der Waals surface area (Å²) in [7, 11) is -1.43. The lowest BCUT2D eigenvalue weighted by Gasteiger charge is -2.09. The van der Waals surface area contributed by atoms with E-state index in [1.807, 2.05) is 42.5 Å². The third-order valence-electron chi connectivity index (χ3n) is 4.54. The molecule has 1 N–H and O–H groups in total. The minimum absolute atomic E-state index is 0.324. The largest absolute Gasteiger partial charge is 0.316 e. The molecule has 0 saturated carbocycles. The molecule has 0 spiro atoms. The normalized spacial score (nSPS) is 12.0. The van der Waals surface area contributed by atoms with Gasteiger partial charge in [-0.2, -0.15) is 0 Å². The second-order valence-electron chi connectivity index (χ2n) is 6.41. The van der Waals surface area contributed by atoms with E-state index in [9.17, 15) is 8.60 Å². The van der Waals surface area contributed by atoms with Crippen molar-refractivity contribution in [3.05, 3.63) is 103 Å². The highest BCUT2D eigenvalue weighted by molar-refractivity contribution is 7.86. The smallest absolute Gasteiger partial charge is 0.150 e. The van der Waals surface area contributed by atoms with Gasteiger partial charge in [-0.3, -0.25) is 0 Å². The topological polar surface area (TPSA) is 34.0 Å². The summed E-state index contributed by atoms with van der Waals surface area (Å²) in [5, 5.41) is 1.20. The van der Waals surface area contributed by atoms with E-state index in [2.05, 4.69) is 34.2 Å². The van der Waals surface area contributed by atoms with Gasteiger partial charge in [-0.25, -0.2) is 8.60 Å². The van der Waals surface area contributed by atoms with Gasteiger partial charge in [0.05, 0.1) is 10.4 Å². The molecule has 1 aromatic heterocycles. The van der Waals surface area contributed by atoms with Crippen LogP contribution in [0.15, 0.2) is 96.5 Å². The average Bonchev–Trinajstić information content (AvgIpc) is 3.09. The highest BCUT2D eigenvalue weighted by Crippen LogP contribution is 2.26. The molecule has 4 aromatic rings. The van der Waals surface area contributed by atoms with Crippen LogP contribution in [0.2, 0.25) is 0 Å². The van der Waals surface area contributed by atoms with Crippen LogP contribution < -0.4 is 4.72 Å². The number of allylic oxidation sites excluding steroid dienone is 1. The van der Waals surface area contributed by atoms with Crippen LogP contribution in [-0.2, 0) is 17.4 Å². The van der Waals surface area contributed by atoms with Crippen LogP contribution in [0.25, 0.3) is 16.6 Å². The van der Waals surface area contributed by atoms with Gasteiger partial charge < -0.3 is 9.29 Å².